The second kappa shape index (κ2) is 4.06. The van der Waals surface area contributed by atoms with Crippen molar-refractivity contribution >= 4 is 34.9 Å². The highest BCUT2D eigenvalue weighted by atomic mass is 35.5. The summed E-state index contributed by atoms with van der Waals surface area (Å²) in [5.41, 5.74) is -0.152. The van der Waals surface area contributed by atoms with Gasteiger partial charge in [0, 0.05) is 0 Å². The molecule has 1 heterocycles. The third kappa shape index (κ3) is 1.65. The minimum absolute atomic E-state index is 0.0197. The van der Waals surface area contributed by atoms with Gasteiger partial charge in [-0.25, -0.2) is 9.18 Å². The number of anilines is 1. The van der Waals surface area contributed by atoms with Gasteiger partial charge < -0.3 is 5.11 Å². The number of carbonyl (C=O) groups is 3. The Kier molecular flexibility index (Phi) is 2.82. The van der Waals surface area contributed by atoms with Crippen LogP contribution >= 0.6 is 11.6 Å². The van der Waals surface area contributed by atoms with Gasteiger partial charge in [0.2, 0.25) is 0 Å². The summed E-state index contributed by atoms with van der Waals surface area (Å²) in [6, 6.07) is 0.685. The van der Waals surface area contributed by atoms with Gasteiger partial charge in [0.25, 0.3) is 11.7 Å². The summed E-state index contributed by atoms with van der Waals surface area (Å²) in [5.74, 6) is -4.04. The number of fused-ring (bicyclic) bond motifs is 1. The van der Waals surface area contributed by atoms with Crippen molar-refractivity contribution < 1.29 is 23.9 Å². The minimum atomic E-state index is -1.27. The molecule has 0 radical (unpaired) electrons. The van der Waals surface area contributed by atoms with E-state index in [2.05, 4.69) is 0 Å². The Morgan fingerprint density at radius 3 is 2.61 bits per heavy atom. The Hall–Kier alpha value is -1.95. The van der Waals surface area contributed by atoms with Crippen molar-refractivity contribution in [2.24, 2.45) is 0 Å². The average molecular weight is 272 g/mol. The molecular weight excluding hydrogens is 265 g/mol. The summed E-state index contributed by atoms with van der Waals surface area (Å²) >= 11 is 5.57. The zero-order chi connectivity index (χ0) is 13.6. The van der Waals surface area contributed by atoms with Gasteiger partial charge in [0.1, 0.15) is 11.9 Å². The van der Waals surface area contributed by atoms with E-state index in [1.807, 2.05) is 0 Å². The highest BCUT2D eigenvalue weighted by Gasteiger charge is 2.41. The number of carbonyl (C=O) groups excluding carboxylic acids is 2. The van der Waals surface area contributed by atoms with Gasteiger partial charge in [0.05, 0.1) is 16.3 Å². The molecular formula is C11H7ClFNO4. The van der Waals surface area contributed by atoms with E-state index in [9.17, 15) is 18.8 Å². The Morgan fingerprint density at radius 2 is 2.06 bits per heavy atom. The molecule has 0 bridgehead atoms. The number of carboxylic acids is 1. The van der Waals surface area contributed by atoms with Crippen LogP contribution in [0.4, 0.5) is 10.1 Å². The maximum Gasteiger partial charge on any atom is 0.326 e. The van der Waals surface area contributed by atoms with E-state index < -0.39 is 29.5 Å². The smallest absolute Gasteiger partial charge is 0.326 e. The fourth-order valence-electron chi connectivity index (χ4n) is 1.75. The van der Waals surface area contributed by atoms with Crippen molar-refractivity contribution in [1.29, 1.82) is 0 Å². The molecule has 0 aromatic heterocycles. The summed E-state index contributed by atoms with van der Waals surface area (Å²) in [4.78, 5) is 35.0. The summed E-state index contributed by atoms with van der Waals surface area (Å²) in [7, 11) is 0. The van der Waals surface area contributed by atoms with Gasteiger partial charge in [0.15, 0.2) is 0 Å². The van der Waals surface area contributed by atoms with Crippen LogP contribution in [-0.4, -0.2) is 28.8 Å². The first-order valence-electron chi connectivity index (χ1n) is 4.94. The molecule has 1 aliphatic heterocycles. The van der Waals surface area contributed by atoms with Gasteiger partial charge >= 0.3 is 5.97 Å². The average Bonchev–Trinajstić information content (AvgIpc) is 2.53. The molecule has 1 unspecified atom stereocenters. The van der Waals surface area contributed by atoms with Crippen LogP contribution in [-0.2, 0) is 9.59 Å². The zero-order valence-corrected chi connectivity index (χ0v) is 9.86. The van der Waals surface area contributed by atoms with Crippen LogP contribution in [0.3, 0.4) is 0 Å². The Balaban J connectivity index is 2.62. The fourth-order valence-corrected chi connectivity index (χ4v) is 1.90. The molecule has 1 N–H and O–H groups in total. The van der Waals surface area contributed by atoms with Crippen LogP contribution in [0.2, 0.25) is 5.02 Å². The number of nitrogens with zero attached hydrogens (tertiary/aromatic N) is 1. The van der Waals surface area contributed by atoms with E-state index in [1.165, 1.54) is 6.92 Å². The molecule has 1 aromatic carbocycles. The standard InChI is InChI=1S/C11H7ClFNO4/c1-4(11(17)18)14-8-3-6(12)7(13)2-5(8)9(15)10(14)16/h2-4H,1H3,(H,17,18). The highest BCUT2D eigenvalue weighted by Crippen LogP contribution is 2.34. The summed E-state index contributed by atoms with van der Waals surface area (Å²) in [6.45, 7) is 1.25. The number of rotatable bonds is 2. The Bertz CT molecular complexity index is 587. The number of benzene rings is 1. The fraction of sp³-hybridized carbons (Fsp3) is 0.182. The first-order chi connectivity index (χ1) is 8.34. The number of hydrogen-bond donors (Lipinski definition) is 1. The SMILES string of the molecule is CC(C(=O)O)N1C(=O)C(=O)c2cc(F)c(Cl)cc21. The van der Waals surface area contributed by atoms with Crippen molar-refractivity contribution in [2.75, 3.05) is 4.90 Å². The second-order valence-corrected chi connectivity index (χ2v) is 4.21. The van der Waals surface area contributed by atoms with Crippen LogP contribution in [0.5, 0.6) is 0 Å². The van der Waals surface area contributed by atoms with E-state index in [4.69, 9.17) is 16.7 Å². The quantitative estimate of drug-likeness (QED) is 0.827. The molecule has 5 nitrogen and oxygen atoms in total. The molecule has 7 heteroatoms. The van der Waals surface area contributed by atoms with Gasteiger partial charge in [-0.15, -0.1) is 0 Å². The first kappa shape index (κ1) is 12.5. The predicted octanol–water partition coefficient (Wildman–Crippen LogP) is 1.48. The van der Waals surface area contributed by atoms with Gasteiger partial charge in [-0.1, -0.05) is 11.6 Å². The number of Topliss-reactive ketones (excluding diaryl/α,β-unsaturated/α-hetero) is 1. The number of carboxylic acid groups (broad SMARTS) is 1. The molecule has 0 aliphatic carbocycles. The largest absolute Gasteiger partial charge is 0.480 e. The van der Waals surface area contributed by atoms with E-state index >= 15 is 0 Å². The Morgan fingerprint density at radius 1 is 1.44 bits per heavy atom. The lowest BCUT2D eigenvalue weighted by Crippen LogP contribution is -2.42. The van der Waals surface area contributed by atoms with Gasteiger partial charge in [-0.3, -0.25) is 14.5 Å². The van der Waals surface area contributed by atoms with Crippen LogP contribution in [0, 0.1) is 5.82 Å². The molecule has 0 fully saturated rings. The zero-order valence-electron chi connectivity index (χ0n) is 9.11. The molecule has 18 heavy (non-hydrogen) atoms. The third-order valence-corrected chi connectivity index (χ3v) is 2.99. The molecule has 0 spiro atoms. The number of hydrogen-bond acceptors (Lipinski definition) is 3. The van der Waals surface area contributed by atoms with E-state index in [-0.39, 0.29) is 16.3 Å². The number of aliphatic carboxylic acids is 1. The van der Waals surface area contributed by atoms with Gasteiger partial charge in [-0.05, 0) is 19.1 Å². The lowest BCUT2D eigenvalue weighted by Gasteiger charge is -2.20. The molecule has 1 amide bonds. The first-order valence-corrected chi connectivity index (χ1v) is 5.32. The topological polar surface area (TPSA) is 74.7 Å². The lowest BCUT2D eigenvalue weighted by molar-refractivity contribution is -0.139. The number of amides is 1. The molecule has 1 atom stereocenters. The summed E-state index contributed by atoms with van der Waals surface area (Å²) in [6.07, 6.45) is 0. The third-order valence-electron chi connectivity index (χ3n) is 2.70. The van der Waals surface area contributed by atoms with Crippen LogP contribution in [0.1, 0.15) is 17.3 Å². The minimum Gasteiger partial charge on any atom is -0.480 e. The number of ketones is 1. The molecule has 2 rings (SSSR count). The summed E-state index contributed by atoms with van der Waals surface area (Å²) < 4.78 is 13.2. The maximum atomic E-state index is 13.2. The number of halogens is 2. The second-order valence-electron chi connectivity index (χ2n) is 3.80. The molecule has 1 aliphatic rings. The van der Waals surface area contributed by atoms with Crippen molar-refractivity contribution in [3.63, 3.8) is 0 Å². The Labute approximate surface area is 106 Å². The van der Waals surface area contributed by atoms with E-state index in [1.54, 1.807) is 0 Å². The van der Waals surface area contributed by atoms with Crippen LogP contribution < -0.4 is 4.90 Å². The normalized spacial score (nSPS) is 15.8. The predicted molar refractivity (Wildman–Crippen MR) is 60.3 cm³/mol. The van der Waals surface area contributed by atoms with Crippen molar-refractivity contribution in [3.8, 4) is 0 Å². The molecule has 1 aromatic rings. The van der Waals surface area contributed by atoms with Crippen LogP contribution in [0.25, 0.3) is 0 Å². The highest BCUT2D eigenvalue weighted by molar-refractivity contribution is 6.53. The van der Waals surface area contributed by atoms with E-state index in [0.29, 0.717) is 0 Å². The van der Waals surface area contributed by atoms with Crippen molar-refractivity contribution in [1.82, 2.24) is 0 Å². The van der Waals surface area contributed by atoms with Crippen molar-refractivity contribution in [3.05, 3.63) is 28.5 Å². The molecule has 94 valence electrons. The van der Waals surface area contributed by atoms with E-state index in [0.717, 1.165) is 17.0 Å². The van der Waals surface area contributed by atoms with Crippen molar-refractivity contribution in [2.45, 2.75) is 13.0 Å². The van der Waals surface area contributed by atoms with Crippen LogP contribution in [0.15, 0.2) is 12.1 Å². The lowest BCUT2D eigenvalue weighted by atomic mass is 10.1. The monoisotopic (exact) mass is 271 g/mol. The molecule has 0 saturated heterocycles. The maximum absolute atomic E-state index is 13.2. The summed E-state index contributed by atoms with van der Waals surface area (Å²) in [5, 5.41) is 8.60. The molecule has 0 saturated carbocycles. The van der Waals surface area contributed by atoms with Gasteiger partial charge in [-0.2, -0.15) is 0 Å².